The van der Waals surface area contributed by atoms with E-state index in [1.165, 1.54) is 13.3 Å². The molecule has 0 fully saturated rings. The van der Waals surface area contributed by atoms with Gasteiger partial charge in [0.05, 0.1) is 25.0 Å². The minimum absolute atomic E-state index is 0.0378. The lowest BCUT2D eigenvalue weighted by molar-refractivity contribution is 0.101. The molecule has 0 aliphatic heterocycles. The molecule has 0 unspecified atom stereocenters. The molecule has 1 heterocycles. The molecule has 0 saturated carbocycles. The van der Waals surface area contributed by atoms with E-state index in [0.29, 0.717) is 41.7 Å². The van der Waals surface area contributed by atoms with Crippen molar-refractivity contribution in [2.24, 2.45) is 0 Å². The molecule has 0 spiro atoms. The van der Waals surface area contributed by atoms with Crippen LogP contribution in [0.3, 0.4) is 0 Å². The Balaban J connectivity index is 2.30. The summed E-state index contributed by atoms with van der Waals surface area (Å²) in [6.45, 7) is 2.33. The predicted molar refractivity (Wildman–Crippen MR) is 98.8 cm³/mol. The number of carbonyl (C=O) groups excluding carboxylic acids is 1. The minimum Gasteiger partial charge on any atom is -0.393 e. The Morgan fingerprint density at radius 3 is 2.54 bits per heavy atom. The summed E-state index contributed by atoms with van der Waals surface area (Å²) in [7, 11) is 0. The van der Waals surface area contributed by atoms with E-state index >= 15 is 0 Å². The Kier molecular flexibility index (Phi) is 6.47. The van der Waals surface area contributed by atoms with Crippen molar-refractivity contribution in [1.29, 1.82) is 10.5 Å². The summed E-state index contributed by atoms with van der Waals surface area (Å²) in [5.41, 5.74) is 7.78. The summed E-state index contributed by atoms with van der Waals surface area (Å²) in [5.74, 6) is 0.828. The monoisotopic (exact) mass is 349 g/mol. The molecule has 8 nitrogen and oxygen atoms in total. The van der Waals surface area contributed by atoms with Crippen LogP contribution < -0.4 is 16.0 Å². The SMILES string of the molecule is CC(=O)c1cccc(Nc2ncnc(N(CCC#N)CCC#N)c2N)c1. The average molecular weight is 349 g/mol. The number of Topliss-reactive ketones (excluding diaryl/α,β-unsaturated/α-hetero) is 1. The molecule has 0 bridgehead atoms. The molecule has 0 aliphatic rings. The normalized spacial score (nSPS) is 9.81. The van der Waals surface area contributed by atoms with Gasteiger partial charge in [-0.3, -0.25) is 4.79 Å². The van der Waals surface area contributed by atoms with Gasteiger partial charge in [0.1, 0.15) is 12.0 Å². The van der Waals surface area contributed by atoms with Gasteiger partial charge < -0.3 is 16.0 Å². The summed E-state index contributed by atoms with van der Waals surface area (Å²) in [4.78, 5) is 21.7. The number of nitrogens with one attached hydrogen (secondary N) is 1. The topological polar surface area (TPSA) is 132 Å². The second kappa shape index (κ2) is 9.00. The molecular formula is C18H19N7O. The molecule has 1 aromatic heterocycles. The van der Waals surface area contributed by atoms with Gasteiger partial charge in [0.25, 0.3) is 0 Å². The maximum Gasteiger partial charge on any atom is 0.159 e. The molecule has 1 aromatic carbocycles. The number of nitrogen functional groups attached to an aromatic ring is 1. The number of hydrogen-bond donors (Lipinski definition) is 2. The third-order valence-corrected chi connectivity index (χ3v) is 3.68. The Bertz CT molecular complexity index is 849. The van der Waals surface area contributed by atoms with Crippen LogP contribution in [0.1, 0.15) is 30.1 Å². The number of rotatable bonds is 8. The van der Waals surface area contributed by atoms with Gasteiger partial charge in [-0.15, -0.1) is 0 Å². The molecule has 0 saturated heterocycles. The highest BCUT2D eigenvalue weighted by molar-refractivity contribution is 5.95. The molecule has 3 N–H and O–H groups in total. The molecular weight excluding hydrogens is 330 g/mol. The molecule has 0 radical (unpaired) electrons. The van der Waals surface area contributed by atoms with Crippen LogP contribution in [-0.2, 0) is 0 Å². The summed E-state index contributed by atoms with van der Waals surface area (Å²) in [6, 6.07) is 11.2. The van der Waals surface area contributed by atoms with Crippen molar-refractivity contribution in [2.75, 3.05) is 29.0 Å². The highest BCUT2D eigenvalue weighted by atomic mass is 16.1. The molecule has 2 rings (SSSR count). The second-order valence-electron chi connectivity index (χ2n) is 5.52. The third-order valence-electron chi connectivity index (χ3n) is 3.68. The van der Waals surface area contributed by atoms with E-state index in [-0.39, 0.29) is 18.6 Å². The van der Waals surface area contributed by atoms with Crippen LogP contribution in [0.4, 0.5) is 23.0 Å². The van der Waals surface area contributed by atoms with Crippen molar-refractivity contribution in [2.45, 2.75) is 19.8 Å². The Labute approximate surface area is 151 Å². The van der Waals surface area contributed by atoms with Gasteiger partial charge in [-0.1, -0.05) is 12.1 Å². The zero-order valence-corrected chi connectivity index (χ0v) is 14.4. The number of anilines is 4. The van der Waals surface area contributed by atoms with E-state index in [1.807, 2.05) is 0 Å². The molecule has 0 atom stereocenters. The quantitative estimate of drug-likeness (QED) is 0.695. The van der Waals surface area contributed by atoms with Crippen LogP contribution in [0.5, 0.6) is 0 Å². The number of ketones is 1. The third kappa shape index (κ3) is 4.68. The van der Waals surface area contributed by atoms with Crippen molar-refractivity contribution in [3.63, 3.8) is 0 Å². The van der Waals surface area contributed by atoms with Gasteiger partial charge in [0.2, 0.25) is 0 Å². The number of benzene rings is 1. The molecule has 0 aliphatic carbocycles. The number of carbonyl (C=O) groups is 1. The highest BCUT2D eigenvalue weighted by Crippen LogP contribution is 2.29. The van der Waals surface area contributed by atoms with Crippen LogP contribution in [0.15, 0.2) is 30.6 Å². The average Bonchev–Trinajstić information content (AvgIpc) is 2.64. The van der Waals surface area contributed by atoms with Crippen LogP contribution in [-0.4, -0.2) is 28.8 Å². The smallest absolute Gasteiger partial charge is 0.159 e. The van der Waals surface area contributed by atoms with Gasteiger partial charge in [-0.25, -0.2) is 9.97 Å². The molecule has 0 amide bonds. The van der Waals surface area contributed by atoms with Crippen LogP contribution in [0.25, 0.3) is 0 Å². The summed E-state index contributed by atoms with van der Waals surface area (Å²) in [5, 5.41) is 20.8. The summed E-state index contributed by atoms with van der Waals surface area (Å²) < 4.78 is 0. The molecule has 8 heteroatoms. The Morgan fingerprint density at radius 1 is 1.23 bits per heavy atom. The van der Waals surface area contributed by atoms with Crippen LogP contribution in [0.2, 0.25) is 0 Å². The van der Waals surface area contributed by atoms with Gasteiger partial charge >= 0.3 is 0 Å². The van der Waals surface area contributed by atoms with Crippen LogP contribution >= 0.6 is 0 Å². The van der Waals surface area contributed by atoms with E-state index in [0.717, 1.165) is 0 Å². The van der Waals surface area contributed by atoms with Gasteiger partial charge in [0.15, 0.2) is 17.4 Å². The van der Waals surface area contributed by atoms with E-state index in [4.69, 9.17) is 16.3 Å². The number of nitrogens with two attached hydrogens (primary N) is 1. The van der Waals surface area contributed by atoms with Gasteiger partial charge in [0, 0.05) is 24.3 Å². The molecule has 132 valence electrons. The molecule has 2 aromatic rings. The zero-order valence-electron chi connectivity index (χ0n) is 14.4. The first-order valence-electron chi connectivity index (χ1n) is 8.04. The van der Waals surface area contributed by atoms with Gasteiger partial charge in [-0.05, 0) is 19.1 Å². The fourth-order valence-electron chi connectivity index (χ4n) is 2.38. The predicted octanol–water partition coefficient (Wildman–Crippen LogP) is 2.64. The maximum atomic E-state index is 11.5. The largest absolute Gasteiger partial charge is 0.393 e. The lowest BCUT2D eigenvalue weighted by Gasteiger charge is -2.23. The van der Waals surface area contributed by atoms with E-state index < -0.39 is 0 Å². The fraction of sp³-hybridized carbons (Fsp3) is 0.278. The van der Waals surface area contributed by atoms with Crippen molar-refractivity contribution in [3.05, 3.63) is 36.2 Å². The van der Waals surface area contributed by atoms with Crippen molar-refractivity contribution in [1.82, 2.24) is 9.97 Å². The first kappa shape index (κ1) is 18.7. The minimum atomic E-state index is -0.0378. The Hall–Kier alpha value is -3.65. The lowest BCUT2D eigenvalue weighted by Crippen LogP contribution is -2.27. The summed E-state index contributed by atoms with van der Waals surface area (Å²) >= 11 is 0. The van der Waals surface area contributed by atoms with Crippen LogP contribution in [0, 0.1) is 22.7 Å². The molecule has 26 heavy (non-hydrogen) atoms. The lowest BCUT2D eigenvalue weighted by atomic mass is 10.1. The van der Waals surface area contributed by atoms with E-state index in [2.05, 4.69) is 27.4 Å². The number of hydrogen-bond acceptors (Lipinski definition) is 8. The Morgan fingerprint density at radius 2 is 1.92 bits per heavy atom. The van der Waals surface area contributed by atoms with Crippen molar-refractivity contribution >= 4 is 28.8 Å². The number of aromatic nitrogens is 2. The van der Waals surface area contributed by atoms with Crippen molar-refractivity contribution < 1.29 is 4.79 Å². The van der Waals surface area contributed by atoms with E-state index in [1.54, 1.807) is 29.2 Å². The van der Waals surface area contributed by atoms with Crippen molar-refractivity contribution in [3.8, 4) is 12.1 Å². The van der Waals surface area contributed by atoms with E-state index in [9.17, 15) is 4.79 Å². The van der Waals surface area contributed by atoms with Gasteiger partial charge in [-0.2, -0.15) is 10.5 Å². The number of nitrogens with zero attached hydrogens (tertiary/aromatic N) is 5. The first-order valence-corrected chi connectivity index (χ1v) is 8.04. The highest BCUT2D eigenvalue weighted by Gasteiger charge is 2.15. The second-order valence-corrected chi connectivity index (χ2v) is 5.52. The maximum absolute atomic E-state index is 11.5. The summed E-state index contributed by atoms with van der Waals surface area (Å²) in [6.07, 6.45) is 1.95. The zero-order chi connectivity index (χ0) is 18.9. The standard InChI is InChI=1S/C18H19N7O/c1-13(26)14-5-2-6-15(11-14)24-17-16(21)18(23-12-22-17)25(9-3-7-19)10-4-8-20/h2,5-6,11-12H,3-4,9-10,21H2,1H3,(H,22,23,24). The fourth-order valence-corrected chi connectivity index (χ4v) is 2.38. The first-order chi connectivity index (χ1) is 12.6. The number of nitriles is 2.